The number of hydrogen-bond donors (Lipinski definition) is 0. The van der Waals surface area contributed by atoms with Gasteiger partial charge in [-0.1, -0.05) is 18.2 Å². The summed E-state index contributed by atoms with van der Waals surface area (Å²) >= 11 is 0. The van der Waals surface area contributed by atoms with Crippen molar-refractivity contribution in [1.29, 1.82) is 0 Å². The van der Waals surface area contributed by atoms with Crippen LogP contribution in [0.3, 0.4) is 0 Å². The number of benzene rings is 1. The standard InChI is InChI=1S/C16H11F3N4O3/c17-11-4-2-1-3-10(11)16(7-24-8-16)26-15-20-5-9(6-21-15)13-22-23-14(25-13)12(18)19/h1-6,12H,7-8H2. The number of halogens is 3. The second-order valence-corrected chi connectivity index (χ2v) is 5.57. The van der Waals surface area contributed by atoms with E-state index in [9.17, 15) is 13.2 Å². The highest BCUT2D eigenvalue weighted by Crippen LogP contribution is 2.35. The zero-order chi connectivity index (χ0) is 18.1. The lowest BCUT2D eigenvalue weighted by molar-refractivity contribution is -0.172. The molecule has 3 aromatic rings. The molecule has 1 saturated heterocycles. The van der Waals surface area contributed by atoms with Gasteiger partial charge in [-0.05, 0) is 6.07 Å². The van der Waals surface area contributed by atoms with Crippen molar-refractivity contribution in [3.63, 3.8) is 0 Å². The summed E-state index contributed by atoms with van der Waals surface area (Å²) in [6.45, 7) is 0.306. The van der Waals surface area contributed by atoms with Crippen LogP contribution in [0.5, 0.6) is 6.01 Å². The first-order valence-electron chi connectivity index (χ1n) is 7.53. The summed E-state index contributed by atoms with van der Waals surface area (Å²) in [7, 11) is 0. The zero-order valence-corrected chi connectivity index (χ0v) is 13.1. The maximum atomic E-state index is 14.1. The Bertz CT molecular complexity index is 913. The molecule has 0 aliphatic carbocycles. The van der Waals surface area contributed by atoms with E-state index in [-0.39, 0.29) is 30.7 Å². The lowest BCUT2D eigenvalue weighted by Gasteiger charge is -2.40. The van der Waals surface area contributed by atoms with Crippen LogP contribution < -0.4 is 4.74 Å². The molecule has 1 aromatic carbocycles. The summed E-state index contributed by atoms with van der Waals surface area (Å²) in [5.74, 6) is -1.34. The predicted octanol–water partition coefficient (Wildman–Crippen LogP) is 2.91. The van der Waals surface area contributed by atoms with Gasteiger partial charge in [-0.2, -0.15) is 8.78 Å². The minimum atomic E-state index is -2.86. The molecular weight excluding hydrogens is 353 g/mol. The summed E-state index contributed by atoms with van der Waals surface area (Å²) in [5.41, 5.74) is -0.417. The van der Waals surface area contributed by atoms with Gasteiger partial charge in [0.15, 0.2) is 5.60 Å². The lowest BCUT2D eigenvalue weighted by atomic mass is 9.91. The quantitative estimate of drug-likeness (QED) is 0.688. The summed E-state index contributed by atoms with van der Waals surface area (Å²) in [6.07, 6.45) is -0.279. The van der Waals surface area contributed by atoms with E-state index in [0.717, 1.165) is 0 Å². The fourth-order valence-electron chi connectivity index (χ4n) is 2.48. The van der Waals surface area contributed by atoms with Crippen LogP contribution in [0.25, 0.3) is 11.5 Å². The Morgan fingerprint density at radius 1 is 1.08 bits per heavy atom. The average Bonchev–Trinajstić information content (AvgIpc) is 3.10. The molecule has 10 heteroatoms. The molecule has 0 amide bonds. The van der Waals surface area contributed by atoms with E-state index >= 15 is 0 Å². The Kier molecular flexibility index (Phi) is 4.03. The molecule has 0 atom stereocenters. The third-order valence-electron chi connectivity index (χ3n) is 3.82. The van der Waals surface area contributed by atoms with E-state index in [0.29, 0.717) is 5.56 Å². The first kappa shape index (κ1) is 16.5. The number of hydrogen-bond acceptors (Lipinski definition) is 7. The van der Waals surface area contributed by atoms with Gasteiger partial charge in [0.1, 0.15) is 5.82 Å². The normalized spacial score (nSPS) is 15.7. The van der Waals surface area contributed by atoms with Gasteiger partial charge in [-0.15, -0.1) is 10.2 Å². The van der Waals surface area contributed by atoms with Crippen molar-refractivity contribution in [2.45, 2.75) is 12.0 Å². The van der Waals surface area contributed by atoms with Gasteiger partial charge in [0.25, 0.3) is 11.8 Å². The Balaban J connectivity index is 1.56. The van der Waals surface area contributed by atoms with Crippen LogP contribution >= 0.6 is 0 Å². The molecule has 0 saturated carbocycles. The van der Waals surface area contributed by atoms with E-state index in [1.807, 2.05) is 0 Å². The lowest BCUT2D eigenvalue weighted by Crippen LogP contribution is -2.52. The molecule has 134 valence electrons. The molecule has 1 fully saturated rings. The van der Waals surface area contributed by atoms with E-state index < -0.39 is 23.7 Å². The Morgan fingerprint density at radius 3 is 2.38 bits per heavy atom. The molecule has 0 bridgehead atoms. The SMILES string of the molecule is Fc1ccccc1C1(Oc2ncc(-c3nnc(C(F)F)o3)cn2)COC1. The first-order valence-corrected chi connectivity index (χ1v) is 7.53. The number of aromatic nitrogens is 4. The Hall–Kier alpha value is -3.01. The minimum Gasteiger partial charge on any atom is -0.447 e. The fourth-order valence-corrected chi connectivity index (χ4v) is 2.48. The highest BCUT2D eigenvalue weighted by molar-refractivity contribution is 5.49. The van der Waals surface area contributed by atoms with E-state index in [2.05, 4.69) is 20.2 Å². The number of ether oxygens (including phenoxy) is 2. The van der Waals surface area contributed by atoms with Gasteiger partial charge in [0.2, 0.25) is 0 Å². The second-order valence-electron chi connectivity index (χ2n) is 5.57. The van der Waals surface area contributed by atoms with Crippen molar-refractivity contribution in [2.75, 3.05) is 13.2 Å². The maximum absolute atomic E-state index is 14.1. The Morgan fingerprint density at radius 2 is 1.81 bits per heavy atom. The van der Waals surface area contributed by atoms with Gasteiger partial charge in [-0.3, -0.25) is 0 Å². The molecular formula is C16H11F3N4O3. The molecule has 0 N–H and O–H groups in total. The molecule has 0 spiro atoms. The van der Waals surface area contributed by atoms with Crippen LogP contribution in [-0.2, 0) is 10.3 Å². The third kappa shape index (κ3) is 2.88. The van der Waals surface area contributed by atoms with Crippen molar-refractivity contribution in [3.05, 3.63) is 53.9 Å². The van der Waals surface area contributed by atoms with Crippen molar-refractivity contribution >= 4 is 0 Å². The van der Waals surface area contributed by atoms with E-state index in [1.165, 1.54) is 18.5 Å². The summed E-state index contributed by atoms with van der Waals surface area (Å²) < 4.78 is 54.9. The van der Waals surface area contributed by atoms with Gasteiger partial charge < -0.3 is 13.9 Å². The molecule has 3 heterocycles. The van der Waals surface area contributed by atoms with Crippen LogP contribution in [0.2, 0.25) is 0 Å². The molecule has 4 rings (SSSR count). The molecule has 0 radical (unpaired) electrons. The molecule has 1 aliphatic rings. The van der Waals surface area contributed by atoms with Crippen LogP contribution in [-0.4, -0.2) is 33.4 Å². The molecule has 7 nitrogen and oxygen atoms in total. The highest BCUT2D eigenvalue weighted by Gasteiger charge is 2.45. The second kappa shape index (κ2) is 6.37. The summed E-state index contributed by atoms with van der Waals surface area (Å²) in [4.78, 5) is 8.01. The maximum Gasteiger partial charge on any atom is 0.317 e. The number of nitrogens with zero attached hydrogens (tertiary/aromatic N) is 4. The smallest absolute Gasteiger partial charge is 0.317 e. The van der Waals surface area contributed by atoms with Gasteiger partial charge in [0, 0.05) is 18.0 Å². The third-order valence-corrected chi connectivity index (χ3v) is 3.82. The summed E-state index contributed by atoms with van der Waals surface area (Å²) in [6, 6.07) is 6.20. The van der Waals surface area contributed by atoms with Gasteiger partial charge in [-0.25, -0.2) is 14.4 Å². The van der Waals surface area contributed by atoms with E-state index in [4.69, 9.17) is 13.9 Å². The minimum absolute atomic E-state index is 0.0195. The van der Waals surface area contributed by atoms with Crippen LogP contribution in [0.15, 0.2) is 41.1 Å². The van der Waals surface area contributed by atoms with Crippen molar-refractivity contribution in [2.24, 2.45) is 0 Å². The molecule has 0 unspecified atom stereocenters. The summed E-state index contributed by atoms with van der Waals surface area (Å²) in [5, 5.41) is 6.75. The fraction of sp³-hybridized carbons (Fsp3) is 0.250. The van der Waals surface area contributed by atoms with Crippen LogP contribution in [0, 0.1) is 5.82 Å². The highest BCUT2D eigenvalue weighted by atomic mass is 19.3. The predicted molar refractivity (Wildman–Crippen MR) is 79.8 cm³/mol. The Labute approximate surface area is 144 Å². The van der Waals surface area contributed by atoms with Crippen molar-refractivity contribution in [1.82, 2.24) is 20.2 Å². The molecule has 1 aliphatic heterocycles. The van der Waals surface area contributed by atoms with Gasteiger partial charge >= 0.3 is 12.4 Å². The number of alkyl halides is 2. The largest absolute Gasteiger partial charge is 0.447 e. The molecule has 26 heavy (non-hydrogen) atoms. The first-order chi connectivity index (χ1) is 12.6. The number of rotatable bonds is 5. The van der Waals surface area contributed by atoms with Crippen LogP contribution in [0.1, 0.15) is 17.9 Å². The molecule has 2 aromatic heterocycles. The van der Waals surface area contributed by atoms with E-state index in [1.54, 1.807) is 18.2 Å². The topological polar surface area (TPSA) is 83.2 Å². The monoisotopic (exact) mass is 364 g/mol. The van der Waals surface area contributed by atoms with Crippen LogP contribution in [0.4, 0.5) is 13.2 Å². The van der Waals surface area contributed by atoms with Crippen molar-refractivity contribution < 1.29 is 27.1 Å². The van der Waals surface area contributed by atoms with Gasteiger partial charge in [0.05, 0.1) is 18.8 Å². The zero-order valence-electron chi connectivity index (χ0n) is 13.1. The van der Waals surface area contributed by atoms with Crippen molar-refractivity contribution in [3.8, 4) is 17.5 Å². The average molecular weight is 364 g/mol.